The first kappa shape index (κ1) is 9.90. The van der Waals surface area contributed by atoms with E-state index in [0.717, 1.165) is 0 Å². The van der Waals surface area contributed by atoms with Gasteiger partial charge < -0.3 is 10.2 Å². The molecule has 82 valence electrons. The zero-order valence-electron chi connectivity index (χ0n) is 7.99. The van der Waals surface area contributed by atoms with Crippen LogP contribution >= 0.6 is 0 Å². The van der Waals surface area contributed by atoms with Crippen molar-refractivity contribution >= 4 is 12.2 Å². The molecule has 0 atom stereocenters. The lowest BCUT2D eigenvalue weighted by molar-refractivity contribution is 0.403. The quantitative estimate of drug-likeness (QED) is 0.330. The number of anilines is 1. The molecule has 0 unspecified atom stereocenters. The van der Waals surface area contributed by atoms with Gasteiger partial charge in [-0.2, -0.15) is 10.3 Å². The molecule has 0 fully saturated rings. The van der Waals surface area contributed by atoms with Crippen LogP contribution in [0, 0.1) is 0 Å². The summed E-state index contributed by atoms with van der Waals surface area (Å²) in [5.74, 6) is -0.147. The van der Waals surface area contributed by atoms with Gasteiger partial charge in [0.1, 0.15) is 0 Å². The van der Waals surface area contributed by atoms with Crippen molar-refractivity contribution in [1.29, 1.82) is 0 Å². The SMILES string of the molecule is Oc1ccc(/C=N\Nc2nn[nH]n2)cc1O. The van der Waals surface area contributed by atoms with Gasteiger partial charge in [0, 0.05) is 0 Å². The predicted octanol–water partition coefficient (Wildman–Crippen LogP) is 0.0569. The van der Waals surface area contributed by atoms with E-state index < -0.39 is 0 Å². The molecule has 4 N–H and O–H groups in total. The first-order valence-electron chi connectivity index (χ1n) is 4.30. The van der Waals surface area contributed by atoms with E-state index >= 15 is 0 Å². The van der Waals surface area contributed by atoms with Gasteiger partial charge >= 0.3 is 0 Å². The van der Waals surface area contributed by atoms with Crippen LogP contribution < -0.4 is 5.43 Å². The summed E-state index contributed by atoms with van der Waals surface area (Å²) < 4.78 is 0. The average Bonchev–Trinajstić information content (AvgIpc) is 2.76. The largest absolute Gasteiger partial charge is 0.504 e. The molecule has 2 rings (SSSR count). The fourth-order valence-electron chi connectivity index (χ4n) is 0.994. The molecule has 0 radical (unpaired) electrons. The minimum atomic E-state index is -0.205. The van der Waals surface area contributed by atoms with Crippen molar-refractivity contribution in [3.63, 3.8) is 0 Å². The predicted molar refractivity (Wildman–Crippen MR) is 55.2 cm³/mol. The molecule has 0 aliphatic heterocycles. The highest BCUT2D eigenvalue weighted by Gasteiger charge is 1.98. The first-order chi connectivity index (χ1) is 7.75. The second kappa shape index (κ2) is 4.26. The van der Waals surface area contributed by atoms with E-state index in [-0.39, 0.29) is 17.4 Å². The molecular formula is C8H8N6O2. The number of H-pyrrole nitrogens is 1. The van der Waals surface area contributed by atoms with Crippen molar-refractivity contribution in [2.45, 2.75) is 0 Å². The third-order valence-corrected chi connectivity index (χ3v) is 1.72. The summed E-state index contributed by atoms with van der Waals surface area (Å²) in [6, 6.07) is 4.33. The van der Waals surface area contributed by atoms with E-state index in [0.29, 0.717) is 5.56 Å². The molecule has 2 aromatic rings. The molecule has 0 aliphatic rings. The van der Waals surface area contributed by atoms with Crippen molar-refractivity contribution in [1.82, 2.24) is 20.6 Å². The van der Waals surface area contributed by atoms with E-state index in [1.807, 2.05) is 0 Å². The van der Waals surface area contributed by atoms with E-state index in [1.54, 1.807) is 6.07 Å². The van der Waals surface area contributed by atoms with E-state index in [4.69, 9.17) is 5.11 Å². The molecule has 1 aromatic heterocycles. The Bertz CT molecular complexity index is 495. The summed E-state index contributed by atoms with van der Waals surface area (Å²) in [4.78, 5) is 0. The molecule has 0 saturated carbocycles. The van der Waals surface area contributed by atoms with Crippen LogP contribution in [0.4, 0.5) is 5.95 Å². The van der Waals surface area contributed by atoms with Crippen LogP contribution in [0.25, 0.3) is 0 Å². The van der Waals surface area contributed by atoms with E-state index in [9.17, 15) is 5.11 Å². The van der Waals surface area contributed by atoms with Crippen LogP contribution in [-0.2, 0) is 0 Å². The van der Waals surface area contributed by atoms with Gasteiger partial charge in [-0.05, 0) is 29.0 Å². The zero-order valence-corrected chi connectivity index (χ0v) is 7.99. The van der Waals surface area contributed by atoms with Crippen LogP contribution in [0.2, 0.25) is 0 Å². The Morgan fingerprint density at radius 1 is 1.31 bits per heavy atom. The normalized spacial score (nSPS) is 10.8. The molecule has 0 bridgehead atoms. The Hall–Kier alpha value is -2.64. The number of hydrazone groups is 1. The fraction of sp³-hybridized carbons (Fsp3) is 0. The Kier molecular flexibility index (Phi) is 2.63. The highest BCUT2D eigenvalue weighted by Crippen LogP contribution is 2.23. The van der Waals surface area contributed by atoms with Crippen LogP contribution in [0.5, 0.6) is 11.5 Å². The Morgan fingerprint density at radius 2 is 2.19 bits per heavy atom. The molecule has 0 amide bonds. The number of benzene rings is 1. The maximum atomic E-state index is 9.21. The van der Waals surface area contributed by atoms with Crippen LogP contribution in [0.1, 0.15) is 5.56 Å². The number of nitrogens with one attached hydrogen (secondary N) is 2. The second-order valence-electron chi connectivity index (χ2n) is 2.85. The number of nitrogens with zero attached hydrogens (tertiary/aromatic N) is 4. The topological polar surface area (TPSA) is 119 Å². The maximum absolute atomic E-state index is 9.21. The molecular weight excluding hydrogens is 212 g/mol. The second-order valence-corrected chi connectivity index (χ2v) is 2.85. The molecule has 1 aromatic carbocycles. The number of tetrazole rings is 1. The van der Waals surface area contributed by atoms with Gasteiger partial charge in [0.2, 0.25) is 0 Å². The molecule has 1 heterocycles. The van der Waals surface area contributed by atoms with Crippen molar-refractivity contribution < 1.29 is 10.2 Å². The average molecular weight is 220 g/mol. The molecule has 0 saturated heterocycles. The highest BCUT2D eigenvalue weighted by atomic mass is 16.3. The number of phenols is 2. The third kappa shape index (κ3) is 2.23. The summed E-state index contributed by atoms with van der Waals surface area (Å²) in [7, 11) is 0. The monoisotopic (exact) mass is 220 g/mol. The number of aromatic nitrogens is 4. The van der Waals surface area contributed by atoms with Crippen LogP contribution in [0.3, 0.4) is 0 Å². The Labute approximate surface area is 89.6 Å². The molecule has 0 aliphatic carbocycles. The number of hydrogen-bond acceptors (Lipinski definition) is 7. The number of phenolic OH excluding ortho intramolecular Hbond substituents is 2. The number of hydrogen-bond donors (Lipinski definition) is 4. The first-order valence-corrected chi connectivity index (χ1v) is 4.30. The molecule has 8 heteroatoms. The van der Waals surface area contributed by atoms with Gasteiger partial charge in [0.05, 0.1) is 6.21 Å². The van der Waals surface area contributed by atoms with Crippen molar-refractivity contribution in [3.05, 3.63) is 23.8 Å². The standard InChI is InChI=1S/C8H8N6O2/c15-6-2-1-5(3-7(6)16)4-9-10-8-11-13-14-12-8/h1-4,15-16H,(H2,10,11,12,13,14)/b9-4-. The number of rotatable bonds is 3. The molecule has 8 nitrogen and oxygen atoms in total. The molecule has 0 spiro atoms. The minimum absolute atomic E-state index is 0.178. The molecule has 16 heavy (non-hydrogen) atoms. The smallest absolute Gasteiger partial charge is 0.283 e. The van der Waals surface area contributed by atoms with Gasteiger partial charge in [-0.1, -0.05) is 5.10 Å². The van der Waals surface area contributed by atoms with Gasteiger partial charge in [-0.15, -0.1) is 5.10 Å². The highest BCUT2D eigenvalue weighted by molar-refractivity contribution is 5.81. The lowest BCUT2D eigenvalue weighted by atomic mass is 10.2. The Balaban J connectivity index is 2.03. The van der Waals surface area contributed by atoms with Crippen LogP contribution in [-0.4, -0.2) is 37.1 Å². The third-order valence-electron chi connectivity index (χ3n) is 1.72. The summed E-state index contributed by atoms with van der Waals surface area (Å²) in [5.41, 5.74) is 3.13. The van der Waals surface area contributed by atoms with E-state index in [1.165, 1.54) is 18.3 Å². The minimum Gasteiger partial charge on any atom is -0.504 e. The van der Waals surface area contributed by atoms with Gasteiger partial charge in [-0.25, -0.2) is 5.43 Å². The summed E-state index contributed by atoms with van der Waals surface area (Å²) >= 11 is 0. The van der Waals surface area contributed by atoms with Gasteiger partial charge in [-0.3, -0.25) is 0 Å². The lowest BCUT2D eigenvalue weighted by Crippen LogP contribution is -1.92. The van der Waals surface area contributed by atoms with Gasteiger partial charge in [0.15, 0.2) is 11.5 Å². The zero-order chi connectivity index (χ0) is 11.4. The summed E-state index contributed by atoms with van der Waals surface area (Å²) in [6.45, 7) is 0. The lowest BCUT2D eigenvalue weighted by Gasteiger charge is -1.97. The van der Waals surface area contributed by atoms with Crippen molar-refractivity contribution in [3.8, 4) is 11.5 Å². The van der Waals surface area contributed by atoms with Crippen molar-refractivity contribution in [2.24, 2.45) is 5.10 Å². The van der Waals surface area contributed by atoms with Crippen molar-refractivity contribution in [2.75, 3.05) is 5.43 Å². The Morgan fingerprint density at radius 3 is 2.88 bits per heavy atom. The van der Waals surface area contributed by atoms with E-state index in [2.05, 4.69) is 31.2 Å². The maximum Gasteiger partial charge on any atom is 0.283 e. The summed E-state index contributed by atoms with van der Waals surface area (Å²) in [6.07, 6.45) is 1.44. The van der Waals surface area contributed by atoms with Crippen LogP contribution in [0.15, 0.2) is 23.3 Å². The van der Waals surface area contributed by atoms with Gasteiger partial charge in [0.25, 0.3) is 5.95 Å². The fourth-order valence-corrected chi connectivity index (χ4v) is 0.994. The number of aromatic amines is 1. The summed E-state index contributed by atoms with van der Waals surface area (Å²) in [5, 5.41) is 34.9. The number of aromatic hydroxyl groups is 2.